The van der Waals surface area contributed by atoms with Gasteiger partial charge in [0, 0.05) is 43.0 Å². The molecule has 6 N–H and O–H groups in total. The van der Waals surface area contributed by atoms with Crippen LogP contribution in [-0.2, 0) is 30.6 Å². The van der Waals surface area contributed by atoms with Crippen molar-refractivity contribution in [3.8, 4) is 5.75 Å². The van der Waals surface area contributed by atoms with Crippen LogP contribution in [0.25, 0.3) is 0 Å². The van der Waals surface area contributed by atoms with Crippen molar-refractivity contribution in [1.82, 2.24) is 20.9 Å². The number of ether oxygens (including phenoxy) is 1. The van der Waals surface area contributed by atoms with Crippen molar-refractivity contribution in [1.29, 1.82) is 0 Å². The summed E-state index contributed by atoms with van der Waals surface area (Å²) in [5.74, 6) is 1.01. The van der Waals surface area contributed by atoms with Gasteiger partial charge in [0.2, 0.25) is 5.91 Å². The minimum absolute atomic E-state index is 0.0760. The summed E-state index contributed by atoms with van der Waals surface area (Å²) in [6.07, 6.45) is 2.64. The fourth-order valence-corrected chi connectivity index (χ4v) is 4.81. The zero-order valence-electron chi connectivity index (χ0n) is 25.3. The molecular weight excluding hydrogens is 554 g/mol. The van der Waals surface area contributed by atoms with E-state index < -0.39 is 6.10 Å². The van der Waals surface area contributed by atoms with Crippen molar-refractivity contribution in [3.05, 3.63) is 125 Å². The van der Waals surface area contributed by atoms with Crippen LogP contribution in [0.3, 0.4) is 0 Å². The van der Waals surface area contributed by atoms with E-state index in [1.807, 2.05) is 60.7 Å². The number of aromatic nitrogens is 1. The van der Waals surface area contributed by atoms with Gasteiger partial charge in [-0.05, 0) is 72.4 Å². The SMILES string of the molecule is COc1cccc(CCNC(=O)c2ccc(CNC(=O)Cc3cccc(CC(C)NC[C@H](O)c4ccc(N)nc4)c3)cc2)c1. The molecule has 1 heterocycles. The first kappa shape index (κ1) is 32.2. The van der Waals surface area contributed by atoms with Crippen LogP contribution in [0, 0.1) is 0 Å². The predicted octanol–water partition coefficient (Wildman–Crippen LogP) is 3.76. The molecular formula is C35H41N5O4. The average molecular weight is 596 g/mol. The fraction of sp³-hybridized carbons (Fsp3) is 0.286. The van der Waals surface area contributed by atoms with Gasteiger partial charge in [0.05, 0.1) is 19.6 Å². The number of nitrogens with zero attached hydrogens (tertiary/aromatic N) is 1. The van der Waals surface area contributed by atoms with Gasteiger partial charge >= 0.3 is 0 Å². The van der Waals surface area contributed by atoms with Gasteiger partial charge in [0.15, 0.2) is 0 Å². The van der Waals surface area contributed by atoms with Crippen LogP contribution in [0.2, 0.25) is 0 Å². The van der Waals surface area contributed by atoms with Crippen molar-refractivity contribution >= 4 is 17.6 Å². The third kappa shape index (κ3) is 10.2. The number of aliphatic hydroxyl groups excluding tert-OH is 1. The van der Waals surface area contributed by atoms with Crippen molar-refractivity contribution in [2.75, 3.05) is 25.9 Å². The summed E-state index contributed by atoms with van der Waals surface area (Å²) in [5, 5.41) is 19.7. The zero-order valence-corrected chi connectivity index (χ0v) is 25.3. The van der Waals surface area contributed by atoms with E-state index in [0.29, 0.717) is 43.0 Å². The molecule has 0 aliphatic rings. The lowest BCUT2D eigenvalue weighted by molar-refractivity contribution is -0.120. The highest BCUT2D eigenvalue weighted by Gasteiger charge is 2.12. The van der Waals surface area contributed by atoms with E-state index in [9.17, 15) is 14.7 Å². The number of carbonyl (C=O) groups is 2. The number of rotatable bonds is 15. The van der Waals surface area contributed by atoms with Crippen LogP contribution in [0.15, 0.2) is 91.1 Å². The smallest absolute Gasteiger partial charge is 0.251 e. The largest absolute Gasteiger partial charge is 0.497 e. The highest BCUT2D eigenvalue weighted by Crippen LogP contribution is 2.14. The Labute approximate surface area is 258 Å². The zero-order chi connectivity index (χ0) is 31.3. The van der Waals surface area contributed by atoms with E-state index in [0.717, 1.165) is 34.4 Å². The van der Waals surface area contributed by atoms with E-state index in [1.54, 1.807) is 37.6 Å². The van der Waals surface area contributed by atoms with E-state index in [2.05, 4.69) is 27.9 Å². The number of methoxy groups -OCH3 is 1. The highest BCUT2D eigenvalue weighted by atomic mass is 16.5. The number of hydrogen-bond acceptors (Lipinski definition) is 7. The molecule has 0 bridgehead atoms. The van der Waals surface area contributed by atoms with Crippen LogP contribution in [-0.4, -0.2) is 48.1 Å². The number of anilines is 1. The number of pyridine rings is 1. The maximum absolute atomic E-state index is 12.7. The Morgan fingerprint density at radius 2 is 1.66 bits per heavy atom. The van der Waals surface area contributed by atoms with Crippen molar-refractivity contribution < 1.29 is 19.4 Å². The molecule has 230 valence electrons. The second kappa shape index (κ2) is 16.2. The number of nitrogens with one attached hydrogen (secondary N) is 3. The summed E-state index contributed by atoms with van der Waals surface area (Å²) in [6.45, 7) is 3.35. The molecule has 0 fully saturated rings. The number of carbonyl (C=O) groups excluding carboxylic acids is 2. The second-order valence-corrected chi connectivity index (χ2v) is 10.9. The summed E-state index contributed by atoms with van der Waals surface area (Å²) >= 11 is 0. The number of amides is 2. The van der Waals surface area contributed by atoms with Gasteiger partial charge in [-0.15, -0.1) is 0 Å². The molecule has 1 aromatic heterocycles. The third-order valence-electron chi connectivity index (χ3n) is 7.29. The fourth-order valence-electron chi connectivity index (χ4n) is 4.81. The van der Waals surface area contributed by atoms with Gasteiger partial charge < -0.3 is 31.5 Å². The number of aliphatic hydroxyl groups is 1. The molecule has 0 radical (unpaired) electrons. The second-order valence-electron chi connectivity index (χ2n) is 10.9. The summed E-state index contributed by atoms with van der Waals surface area (Å²) in [6, 6.07) is 26.6. The lowest BCUT2D eigenvalue weighted by Crippen LogP contribution is -2.32. The van der Waals surface area contributed by atoms with Gasteiger partial charge in [-0.3, -0.25) is 9.59 Å². The van der Waals surface area contributed by atoms with Gasteiger partial charge in [0.1, 0.15) is 11.6 Å². The first-order valence-corrected chi connectivity index (χ1v) is 14.8. The Kier molecular flexibility index (Phi) is 11.9. The standard InChI is InChI=1S/C35H41N5O4/c1-24(38-23-32(41)30-13-14-33(36)39-22-30)17-27-6-3-7-28(18-27)20-34(42)40-21-26-9-11-29(12-10-26)35(43)37-16-15-25-5-4-8-31(19-25)44-2/h3-14,18-19,22,24,32,38,41H,15-17,20-21,23H2,1-2H3,(H2,36,39)(H,37,43)(H,40,42)/t24?,32-/m0/s1. The van der Waals surface area contributed by atoms with Gasteiger partial charge in [-0.25, -0.2) is 4.98 Å². The number of hydrogen-bond donors (Lipinski definition) is 5. The van der Waals surface area contributed by atoms with Gasteiger partial charge in [0.25, 0.3) is 5.91 Å². The first-order chi connectivity index (χ1) is 21.3. The van der Waals surface area contributed by atoms with E-state index in [-0.39, 0.29) is 24.3 Å². The van der Waals surface area contributed by atoms with Crippen LogP contribution in [0.5, 0.6) is 5.75 Å². The monoisotopic (exact) mass is 595 g/mol. The maximum Gasteiger partial charge on any atom is 0.251 e. The first-order valence-electron chi connectivity index (χ1n) is 14.8. The van der Waals surface area contributed by atoms with Crippen LogP contribution in [0.4, 0.5) is 5.82 Å². The summed E-state index contributed by atoms with van der Waals surface area (Å²) in [5.41, 5.74) is 10.9. The molecule has 44 heavy (non-hydrogen) atoms. The Morgan fingerprint density at radius 1 is 0.909 bits per heavy atom. The van der Waals surface area contributed by atoms with Crippen LogP contribution in [0.1, 0.15) is 51.2 Å². The maximum atomic E-state index is 12.7. The van der Waals surface area contributed by atoms with Crippen LogP contribution < -0.4 is 26.4 Å². The highest BCUT2D eigenvalue weighted by molar-refractivity contribution is 5.94. The van der Waals surface area contributed by atoms with Gasteiger partial charge in [-0.2, -0.15) is 0 Å². The summed E-state index contributed by atoms with van der Waals surface area (Å²) in [7, 11) is 1.63. The molecule has 2 amide bonds. The normalized spacial score (nSPS) is 12.2. The Hall–Kier alpha value is -4.73. The molecule has 0 spiro atoms. The molecule has 0 saturated heterocycles. The van der Waals surface area contributed by atoms with Crippen molar-refractivity contribution in [2.24, 2.45) is 0 Å². The molecule has 9 nitrogen and oxygen atoms in total. The molecule has 3 aromatic carbocycles. The topological polar surface area (TPSA) is 139 Å². The van der Waals surface area contributed by atoms with Crippen molar-refractivity contribution in [2.45, 2.75) is 44.9 Å². The van der Waals surface area contributed by atoms with Crippen molar-refractivity contribution in [3.63, 3.8) is 0 Å². The van der Waals surface area contributed by atoms with E-state index in [1.165, 1.54) is 0 Å². The lowest BCUT2D eigenvalue weighted by Gasteiger charge is -2.18. The molecule has 4 rings (SSSR count). The van der Waals surface area contributed by atoms with E-state index >= 15 is 0 Å². The number of nitrogens with two attached hydrogens (primary N) is 1. The van der Waals surface area contributed by atoms with Gasteiger partial charge in [-0.1, -0.05) is 54.6 Å². The summed E-state index contributed by atoms with van der Waals surface area (Å²) in [4.78, 5) is 29.2. The Bertz CT molecular complexity index is 1510. The Balaban J connectivity index is 1.17. The molecule has 9 heteroatoms. The molecule has 0 saturated carbocycles. The lowest BCUT2D eigenvalue weighted by atomic mass is 10.0. The van der Waals surface area contributed by atoms with Crippen LogP contribution >= 0.6 is 0 Å². The molecule has 2 atom stereocenters. The number of benzene rings is 3. The third-order valence-corrected chi connectivity index (χ3v) is 7.29. The minimum Gasteiger partial charge on any atom is -0.497 e. The van der Waals surface area contributed by atoms with E-state index in [4.69, 9.17) is 10.5 Å². The quantitative estimate of drug-likeness (QED) is 0.141. The average Bonchev–Trinajstić information content (AvgIpc) is 3.03. The molecule has 0 aliphatic heterocycles. The predicted molar refractivity (Wildman–Crippen MR) is 172 cm³/mol. The molecule has 4 aromatic rings. The summed E-state index contributed by atoms with van der Waals surface area (Å²) < 4.78 is 5.24. The molecule has 1 unspecified atom stereocenters. The Morgan fingerprint density at radius 3 is 2.41 bits per heavy atom. The molecule has 0 aliphatic carbocycles. The minimum atomic E-state index is -0.677. The number of nitrogen functional groups attached to an aromatic ring is 1.